The molecule has 3 nitrogen and oxygen atoms in total. The zero-order chi connectivity index (χ0) is 11.5. The van der Waals surface area contributed by atoms with Gasteiger partial charge in [-0.25, -0.2) is 4.39 Å². The molecule has 2 rings (SSSR count). The highest BCUT2D eigenvalue weighted by atomic mass is 79.9. The average molecular weight is 290 g/mol. The Morgan fingerprint density at radius 3 is 2.69 bits per heavy atom. The van der Waals surface area contributed by atoms with E-state index >= 15 is 0 Å². The van der Waals surface area contributed by atoms with Crippen LogP contribution in [0.5, 0.6) is 5.75 Å². The molecule has 0 saturated carbocycles. The fraction of sp³-hybridized carbons (Fsp3) is 0.455. The first-order valence-corrected chi connectivity index (χ1v) is 5.95. The minimum atomic E-state index is -0.372. The predicted molar refractivity (Wildman–Crippen MR) is 63.0 cm³/mol. The highest BCUT2D eigenvalue weighted by molar-refractivity contribution is 9.10. The molecule has 1 aromatic carbocycles. The summed E-state index contributed by atoms with van der Waals surface area (Å²) >= 11 is 3.25. The van der Waals surface area contributed by atoms with Crippen molar-refractivity contribution in [1.82, 2.24) is 0 Å². The number of nitrogens with two attached hydrogens (primary N) is 1. The van der Waals surface area contributed by atoms with E-state index < -0.39 is 0 Å². The number of nitrogen functional groups attached to an aromatic ring is 1. The largest absolute Gasteiger partial charge is 0.487 e. The molecule has 2 N–H and O–H groups in total. The van der Waals surface area contributed by atoms with Crippen LogP contribution in [0.1, 0.15) is 12.8 Å². The van der Waals surface area contributed by atoms with Gasteiger partial charge in [0.25, 0.3) is 0 Å². The zero-order valence-corrected chi connectivity index (χ0v) is 10.3. The van der Waals surface area contributed by atoms with Gasteiger partial charge in [-0.15, -0.1) is 0 Å². The first kappa shape index (κ1) is 11.7. The second-order valence-corrected chi connectivity index (χ2v) is 4.59. The lowest BCUT2D eigenvalue weighted by molar-refractivity contribution is 0.0255. The third kappa shape index (κ3) is 2.65. The monoisotopic (exact) mass is 289 g/mol. The SMILES string of the molecule is Nc1cc(F)cc(Br)c1OC1CCOCC1. The van der Waals surface area contributed by atoms with Crippen molar-refractivity contribution in [3.63, 3.8) is 0 Å². The molecule has 0 radical (unpaired) electrons. The van der Waals surface area contributed by atoms with Gasteiger partial charge in [0.1, 0.15) is 11.9 Å². The highest BCUT2D eigenvalue weighted by Crippen LogP contribution is 2.34. The Labute approximate surface area is 102 Å². The van der Waals surface area contributed by atoms with Crippen molar-refractivity contribution in [1.29, 1.82) is 0 Å². The Kier molecular flexibility index (Phi) is 3.66. The van der Waals surface area contributed by atoms with Crippen molar-refractivity contribution in [2.75, 3.05) is 18.9 Å². The lowest BCUT2D eigenvalue weighted by Crippen LogP contribution is -2.26. The smallest absolute Gasteiger partial charge is 0.156 e. The molecule has 0 atom stereocenters. The summed E-state index contributed by atoms with van der Waals surface area (Å²) in [7, 11) is 0. The molecule has 1 heterocycles. The Hall–Kier alpha value is -0.810. The van der Waals surface area contributed by atoms with E-state index in [0.29, 0.717) is 29.1 Å². The molecule has 1 aliphatic heterocycles. The van der Waals surface area contributed by atoms with Crippen LogP contribution in [0.4, 0.5) is 10.1 Å². The summed E-state index contributed by atoms with van der Waals surface area (Å²) in [5.41, 5.74) is 6.03. The average Bonchev–Trinajstić information content (AvgIpc) is 2.25. The first-order chi connectivity index (χ1) is 7.66. The van der Waals surface area contributed by atoms with Crippen molar-refractivity contribution >= 4 is 21.6 Å². The van der Waals surface area contributed by atoms with Crippen LogP contribution in [0, 0.1) is 5.82 Å². The molecular formula is C11H13BrFNO2. The van der Waals surface area contributed by atoms with Crippen LogP contribution in [-0.2, 0) is 4.74 Å². The van der Waals surface area contributed by atoms with Crippen LogP contribution in [-0.4, -0.2) is 19.3 Å². The topological polar surface area (TPSA) is 44.5 Å². The molecule has 1 aromatic rings. The second-order valence-electron chi connectivity index (χ2n) is 3.74. The summed E-state index contributed by atoms with van der Waals surface area (Å²) in [4.78, 5) is 0. The normalized spacial score (nSPS) is 17.4. The van der Waals surface area contributed by atoms with Crippen LogP contribution in [0.2, 0.25) is 0 Å². The molecule has 88 valence electrons. The summed E-state index contributed by atoms with van der Waals surface area (Å²) in [6, 6.07) is 2.62. The van der Waals surface area contributed by atoms with Crippen molar-refractivity contribution < 1.29 is 13.9 Å². The molecule has 0 aromatic heterocycles. The van der Waals surface area contributed by atoms with Crippen LogP contribution in [0.3, 0.4) is 0 Å². The summed E-state index contributed by atoms with van der Waals surface area (Å²) in [6.07, 6.45) is 1.77. The number of hydrogen-bond acceptors (Lipinski definition) is 3. The van der Waals surface area contributed by atoms with Gasteiger partial charge in [0, 0.05) is 18.9 Å². The molecule has 1 saturated heterocycles. The van der Waals surface area contributed by atoms with Crippen LogP contribution in [0.15, 0.2) is 16.6 Å². The molecule has 5 heteroatoms. The summed E-state index contributed by atoms with van der Waals surface area (Å²) in [5, 5.41) is 0. The molecule has 16 heavy (non-hydrogen) atoms. The first-order valence-electron chi connectivity index (χ1n) is 5.16. The minimum absolute atomic E-state index is 0.0952. The van der Waals surface area contributed by atoms with E-state index in [9.17, 15) is 4.39 Å². The van der Waals surface area contributed by atoms with Crippen molar-refractivity contribution in [2.45, 2.75) is 18.9 Å². The Bertz CT molecular complexity index is 357. The highest BCUT2D eigenvalue weighted by Gasteiger charge is 2.18. The zero-order valence-electron chi connectivity index (χ0n) is 8.71. The van der Waals surface area contributed by atoms with Crippen LogP contribution < -0.4 is 10.5 Å². The summed E-state index contributed by atoms with van der Waals surface area (Å²) < 4.78 is 24.5. The Morgan fingerprint density at radius 2 is 2.06 bits per heavy atom. The number of benzene rings is 1. The van der Waals surface area contributed by atoms with Gasteiger partial charge in [-0.2, -0.15) is 0 Å². The molecule has 0 unspecified atom stereocenters. The van der Waals surface area contributed by atoms with Crippen molar-refractivity contribution in [2.24, 2.45) is 0 Å². The van der Waals surface area contributed by atoms with Gasteiger partial charge < -0.3 is 15.2 Å². The second kappa shape index (κ2) is 5.01. The number of hydrogen-bond donors (Lipinski definition) is 1. The van der Waals surface area contributed by atoms with E-state index in [2.05, 4.69) is 15.9 Å². The molecular weight excluding hydrogens is 277 g/mol. The van der Waals surface area contributed by atoms with E-state index in [4.69, 9.17) is 15.2 Å². The van der Waals surface area contributed by atoms with Crippen LogP contribution >= 0.6 is 15.9 Å². The molecule has 1 aliphatic rings. The molecule has 0 aliphatic carbocycles. The van der Waals surface area contributed by atoms with Gasteiger partial charge >= 0.3 is 0 Å². The number of halogens is 2. The fourth-order valence-electron chi connectivity index (χ4n) is 1.67. The van der Waals surface area contributed by atoms with E-state index in [1.165, 1.54) is 12.1 Å². The van der Waals surface area contributed by atoms with Gasteiger partial charge in [-0.05, 0) is 22.0 Å². The maximum Gasteiger partial charge on any atom is 0.156 e. The molecule has 1 fully saturated rings. The quantitative estimate of drug-likeness (QED) is 0.852. The van der Waals surface area contributed by atoms with E-state index in [1.54, 1.807) is 0 Å². The van der Waals surface area contributed by atoms with Crippen molar-refractivity contribution in [3.05, 3.63) is 22.4 Å². The standard InChI is InChI=1S/C11H13BrFNO2/c12-9-5-7(13)6-10(14)11(9)16-8-1-3-15-4-2-8/h5-6,8H,1-4,14H2. The molecule has 0 bridgehead atoms. The number of anilines is 1. The van der Waals surface area contributed by atoms with E-state index in [0.717, 1.165) is 12.8 Å². The van der Waals surface area contributed by atoms with Gasteiger partial charge in [-0.3, -0.25) is 0 Å². The van der Waals surface area contributed by atoms with Crippen molar-refractivity contribution in [3.8, 4) is 5.75 Å². The van der Waals surface area contributed by atoms with Gasteiger partial charge in [0.2, 0.25) is 0 Å². The fourth-order valence-corrected chi connectivity index (χ4v) is 2.21. The van der Waals surface area contributed by atoms with Gasteiger partial charge in [0.15, 0.2) is 5.75 Å². The number of ether oxygens (including phenoxy) is 2. The third-order valence-corrected chi connectivity index (χ3v) is 3.08. The minimum Gasteiger partial charge on any atom is -0.487 e. The summed E-state index contributed by atoms with van der Waals surface area (Å²) in [6.45, 7) is 1.40. The Balaban J connectivity index is 2.14. The number of rotatable bonds is 2. The Morgan fingerprint density at radius 1 is 1.38 bits per heavy atom. The molecule has 0 spiro atoms. The maximum atomic E-state index is 13.0. The third-order valence-electron chi connectivity index (χ3n) is 2.49. The lowest BCUT2D eigenvalue weighted by Gasteiger charge is -2.24. The maximum absolute atomic E-state index is 13.0. The van der Waals surface area contributed by atoms with Gasteiger partial charge in [-0.1, -0.05) is 0 Å². The lowest BCUT2D eigenvalue weighted by atomic mass is 10.1. The summed E-state index contributed by atoms with van der Waals surface area (Å²) in [5.74, 6) is 0.150. The molecule has 0 amide bonds. The predicted octanol–water partition coefficient (Wildman–Crippen LogP) is 2.73. The van der Waals surface area contributed by atoms with E-state index in [-0.39, 0.29) is 11.9 Å². The van der Waals surface area contributed by atoms with Gasteiger partial charge in [0.05, 0.1) is 23.4 Å². The van der Waals surface area contributed by atoms with E-state index in [1.807, 2.05) is 0 Å². The van der Waals surface area contributed by atoms with Crippen LogP contribution in [0.25, 0.3) is 0 Å².